The topological polar surface area (TPSA) is 51.4 Å². The van der Waals surface area contributed by atoms with Crippen LogP contribution in [0.25, 0.3) is 5.65 Å². The standard InChI is InChI=1S/C9H9ClN2O2S/c1-6-4-3-5-12-8(6)11-7(2)9(12)15(10,13)14/h3-5H,1-2H3. The molecule has 4 nitrogen and oxygen atoms in total. The van der Waals surface area contributed by atoms with E-state index in [1.54, 1.807) is 19.2 Å². The fraction of sp³-hybridized carbons (Fsp3) is 0.222. The van der Waals surface area contributed by atoms with Crippen molar-refractivity contribution in [2.24, 2.45) is 0 Å². The summed E-state index contributed by atoms with van der Waals surface area (Å²) in [5.41, 5.74) is 1.95. The molecule has 2 aromatic rings. The number of hydrogen-bond acceptors (Lipinski definition) is 3. The fourth-order valence-electron chi connectivity index (χ4n) is 1.59. The van der Waals surface area contributed by atoms with Gasteiger partial charge in [0, 0.05) is 16.9 Å². The van der Waals surface area contributed by atoms with E-state index in [2.05, 4.69) is 4.98 Å². The van der Waals surface area contributed by atoms with Gasteiger partial charge >= 0.3 is 0 Å². The maximum atomic E-state index is 11.3. The highest BCUT2D eigenvalue weighted by Crippen LogP contribution is 2.22. The van der Waals surface area contributed by atoms with Crippen molar-refractivity contribution in [1.29, 1.82) is 0 Å². The van der Waals surface area contributed by atoms with Crippen molar-refractivity contribution in [3.63, 3.8) is 0 Å². The van der Waals surface area contributed by atoms with E-state index in [0.29, 0.717) is 11.3 Å². The van der Waals surface area contributed by atoms with Crippen LogP contribution in [0.2, 0.25) is 0 Å². The number of fused-ring (bicyclic) bond motifs is 1. The van der Waals surface area contributed by atoms with E-state index >= 15 is 0 Å². The van der Waals surface area contributed by atoms with Crippen molar-refractivity contribution >= 4 is 25.4 Å². The minimum absolute atomic E-state index is 0.0443. The van der Waals surface area contributed by atoms with E-state index in [1.165, 1.54) is 4.40 Å². The lowest BCUT2D eigenvalue weighted by molar-refractivity contribution is 0.604. The van der Waals surface area contributed by atoms with Crippen LogP contribution in [0.3, 0.4) is 0 Å². The molecule has 0 aliphatic carbocycles. The van der Waals surface area contributed by atoms with Crippen molar-refractivity contribution in [2.45, 2.75) is 18.9 Å². The molecular formula is C9H9ClN2O2S. The molecule has 0 bridgehead atoms. The SMILES string of the molecule is Cc1nc2c(C)cccn2c1S(=O)(=O)Cl. The minimum Gasteiger partial charge on any atom is -0.289 e. The molecule has 80 valence electrons. The summed E-state index contributed by atoms with van der Waals surface area (Å²) in [6, 6.07) is 3.63. The van der Waals surface area contributed by atoms with E-state index in [9.17, 15) is 8.42 Å². The van der Waals surface area contributed by atoms with Gasteiger partial charge in [0.15, 0.2) is 5.03 Å². The molecule has 0 amide bonds. The fourth-order valence-corrected chi connectivity index (χ4v) is 2.93. The predicted molar refractivity (Wildman–Crippen MR) is 57.7 cm³/mol. The van der Waals surface area contributed by atoms with Crippen molar-refractivity contribution in [1.82, 2.24) is 9.38 Å². The number of aryl methyl sites for hydroxylation is 2. The van der Waals surface area contributed by atoms with Crippen LogP contribution in [-0.4, -0.2) is 17.8 Å². The number of hydrogen-bond donors (Lipinski definition) is 0. The molecule has 0 N–H and O–H groups in total. The van der Waals surface area contributed by atoms with Gasteiger partial charge in [-0.3, -0.25) is 4.40 Å². The van der Waals surface area contributed by atoms with E-state index in [4.69, 9.17) is 10.7 Å². The van der Waals surface area contributed by atoms with E-state index < -0.39 is 9.05 Å². The molecule has 0 radical (unpaired) electrons. The number of rotatable bonds is 1. The second-order valence-electron chi connectivity index (χ2n) is 3.33. The average molecular weight is 245 g/mol. The van der Waals surface area contributed by atoms with Crippen LogP contribution < -0.4 is 0 Å². The van der Waals surface area contributed by atoms with Gasteiger partial charge in [0.05, 0.1) is 5.69 Å². The minimum atomic E-state index is -3.76. The molecule has 2 aromatic heterocycles. The van der Waals surface area contributed by atoms with Crippen molar-refractivity contribution in [2.75, 3.05) is 0 Å². The molecule has 0 saturated heterocycles. The van der Waals surface area contributed by atoms with Crippen molar-refractivity contribution < 1.29 is 8.42 Å². The molecule has 0 aliphatic heterocycles. The maximum Gasteiger partial charge on any atom is 0.279 e. The number of aromatic nitrogens is 2. The van der Waals surface area contributed by atoms with Gasteiger partial charge in [-0.15, -0.1) is 0 Å². The monoisotopic (exact) mass is 244 g/mol. The van der Waals surface area contributed by atoms with Gasteiger partial charge < -0.3 is 0 Å². The molecular weight excluding hydrogens is 236 g/mol. The van der Waals surface area contributed by atoms with Gasteiger partial charge in [0.25, 0.3) is 9.05 Å². The highest BCUT2D eigenvalue weighted by Gasteiger charge is 2.20. The van der Waals surface area contributed by atoms with Gasteiger partial charge in [-0.2, -0.15) is 0 Å². The van der Waals surface area contributed by atoms with Crippen LogP contribution in [0.5, 0.6) is 0 Å². The Morgan fingerprint density at radius 3 is 2.67 bits per heavy atom. The summed E-state index contributed by atoms with van der Waals surface area (Å²) >= 11 is 0. The third-order valence-corrected chi connectivity index (χ3v) is 3.59. The molecule has 0 aromatic carbocycles. The highest BCUT2D eigenvalue weighted by molar-refractivity contribution is 8.13. The lowest BCUT2D eigenvalue weighted by Gasteiger charge is -1.99. The molecule has 0 spiro atoms. The Labute approximate surface area is 91.9 Å². The molecule has 0 fully saturated rings. The normalized spacial score (nSPS) is 12.2. The molecule has 15 heavy (non-hydrogen) atoms. The highest BCUT2D eigenvalue weighted by atomic mass is 35.7. The summed E-state index contributed by atoms with van der Waals surface area (Å²) in [6.07, 6.45) is 1.64. The summed E-state index contributed by atoms with van der Waals surface area (Å²) in [6.45, 7) is 3.49. The van der Waals surface area contributed by atoms with Crippen LogP contribution in [0, 0.1) is 13.8 Å². The first-order valence-electron chi connectivity index (χ1n) is 4.30. The Bertz CT molecular complexity index is 631. The van der Waals surface area contributed by atoms with Crippen LogP contribution >= 0.6 is 10.7 Å². The molecule has 2 heterocycles. The van der Waals surface area contributed by atoms with Gasteiger partial charge in [-0.1, -0.05) is 6.07 Å². The maximum absolute atomic E-state index is 11.3. The first-order chi connectivity index (χ1) is 6.91. The summed E-state index contributed by atoms with van der Waals surface area (Å²) in [5, 5.41) is 0.0443. The Balaban J connectivity index is 2.99. The first kappa shape index (κ1) is 10.4. The zero-order valence-electron chi connectivity index (χ0n) is 8.23. The quantitative estimate of drug-likeness (QED) is 0.720. The Morgan fingerprint density at radius 2 is 2.07 bits per heavy atom. The van der Waals surface area contributed by atoms with Crippen LogP contribution in [0.1, 0.15) is 11.3 Å². The van der Waals surface area contributed by atoms with E-state index in [-0.39, 0.29) is 5.03 Å². The lowest BCUT2D eigenvalue weighted by atomic mass is 10.3. The smallest absolute Gasteiger partial charge is 0.279 e. The molecule has 0 saturated carbocycles. The third kappa shape index (κ3) is 1.61. The number of imidazole rings is 1. The first-order valence-corrected chi connectivity index (χ1v) is 6.61. The third-order valence-electron chi connectivity index (χ3n) is 2.20. The van der Waals surface area contributed by atoms with Crippen molar-refractivity contribution in [3.8, 4) is 0 Å². The summed E-state index contributed by atoms with van der Waals surface area (Å²) < 4.78 is 24.2. The molecule has 0 atom stereocenters. The summed E-state index contributed by atoms with van der Waals surface area (Å²) in [5.74, 6) is 0. The zero-order valence-corrected chi connectivity index (χ0v) is 9.80. The molecule has 2 rings (SSSR count). The van der Waals surface area contributed by atoms with Crippen LogP contribution in [0.15, 0.2) is 23.4 Å². The van der Waals surface area contributed by atoms with Crippen molar-refractivity contribution in [3.05, 3.63) is 29.6 Å². The lowest BCUT2D eigenvalue weighted by Crippen LogP contribution is -1.98. The number of halogens is 1. The zero-order chi connectivity index (χ0) is 11.2. The van der Waals surface area contributed by atoms with Gasteiger partial charge in [0.1, 0.15) is 5.65 Å². The van der Waals surface area contributed by atoms with Gasteiger partial charge in [-0.25, -0.2) is 13.4 Å². The average Bonchev–Trinajstić information content (AvgIpc) is 2.41. The largest absolute Gasteiger partial charge is 0.289 e. The van der Waals surface area contributed by atoms with E-state index in [1.807, 2.05) is 13.0 Å². The molecule has 6 heteroatoms. The van der Waals surface area contributed by atoms with E-state index in [0.717, 1.165) is 5.56 Å². The predicted octanol–water partition coefficient (Wildman–Crippen LogP) is 1.88. The van der Waals surface area contributed by atoms with Gasteiger partial charge in [-0.05, 0) is 25.5 Å². The second-order valence-corrected chi connectivity index (χ2v) is 5.81. The number of pyridine rings is 1. The second kappa shape index (κ2) is 3.21. The Kier molecular flexibility index (Phi) is 2.24. The molecule has 0 unspecified atom stereocenters. The van der Waals surface area contributed by atoms with Crippen LogP contribution in [0.4, 0.5) is 0 Å². The summed E-state index contributed by atoms with van der Waals surface area (Å²) in [7, 11) is 1.59. The summed E-state index contributed by atoms with van der Waals surface area (Å²) in [4.78, 5) is 4.18. The Morgan fingerprint density at radius 1 is 1.40 bits per heavy atom. The Hall–Kier alpha value is -1.07. The van der Waals surface area contributed by atoms with Gasteiger partial charge in [0.2, 0.25) is 0 Å². The molecule has 0 aliphatic rings. The number of nitrogens with zero attached hydrogens (tertiary/aromatic N) is 2. The van der Waals surface area contributed by atoms with Crippen LogP contribution in [-0.2, 0) is 9.05 Å².